The van der Waals surface area contributed by atoms with Gasteiger partial charge in [-0.3, -0.25) is 0 Å². The second-order valence-corrected chi connectivity index (χ2v) is 10.3. The minimum absolute atomic E-state index is 0.387. The highest BCUT2D eigenvalue weighted by Gasteiger charge is 2.18. The fraction of sp³-hybridized carbons (Fsp3) is 0.567. The van der Waals surface area contributed by atoms with Gasteiger partial charge in [-0.05, 0) is 52.3 Å². The van der Waals surface area contributed by atoms with Crippen molar-refractivity contribution in [1.29, 1.82) is 0 Å². The molecule has 0 radical (unpaired) electrons. The van der Waals surface area contributed by atoms with E-state index in [1.165, 1.54) is 28.7 Å². The molecule has 2 rings (SSSR count). The molecule has 0 aliphatic heterocycles. The summed E-state index contributed by atoms with van der Waals surface area (Å²) in [6.45, 7) is 20.8. The Hall–Kier alpha value is -2.29. The minimum Gasteiger partial charge on any atom is -0.465 e. The number of ether oxygens (including phenoxy) is 1. The lowest BCUT2D eigenvalue weighted by Crippen LogP contribution is -2.20. The zero-order valence-electron chi connectivity index (χ0n) is 22.5. The Labute approximate surface area is 203 Å². The van der Waals surface area contributed by atoms with E-state index in [0.717, 1.165) is 24.2 Å². The van der Waals surface area contributed by atoms with Crippen molar-refractivity contribution >= 4 is 17.4 Å². The molecule has 2 aromatic carbocycles. The van der Waals surface area contributed by atoms with Crippen molar-refractivity contribution in [3.8, 4) is 0 Å². The largest absolute Gasteiger partial charge is 0.465 e. The molecule has 3 nitrogen and oxygen atoms in total. The van der Waals surface area contributed by atoms with Crippen molar-refractivity contribution in [1.82, 2.24) is 0 Å². The standard InChI is InChI=1S/C30H46N2O/c1-10-11-12-19-33-30(31-28-24(20(2)3)15-13-16-25(28)21(4)5)32-29-26(22(6)7)17-14-18-27(29)23(8)9/h13-18,20-23H,10-12,19H2,1-9H3,(H,31,32). The molecule has 0 aromatic heterocycles. The first-order valence-electron chi connectivity index (χ1n) is 12.9. The molecule has 0 atom stereocenters. The van der Waals surface area contributed by atoms with Crippen molar-refractivity contribution < 1.29 is 4.74 Å². The molecule has 1 N–H and O–H groups in total. The van der Waals surface area contributed by atoms with Gasteiger partial charge in [0, 0.05) is 5.69 Å². The number of nitrogens with zero attached hydrogens (tertiary/aromatic N) is 1. The van der Waals surface area contributed by atoms with E-state index < -0.39 is 0 Å². The smallest absolute Gasteiger partial charge is 0.294 e. The number of aliphatic imine (C=N–C) groups is 1. The Morgan fingerprint density at radius 3 is 1.61 bits per heavy atom. The molecule has 3 heteroatoms. The van der Waals surface area contributed by atoms with Crippen LogP contribution in [-0.4, -0.2) is 12.6 Å². The van der Waals surface area contributed by atoms with E-state index in [2.05, 4.69) is 104 Å². The monoisotopic (exact) mass is 450 g/mol. The summed E-state index contributed by atoms with van der Waals surface area (Å²) in [7, 11) is 0. The molecule has 0 fully saturated rings. The van der Waals surface area contributed by atoms with Crippen molar-refractivity contribution in [2.75, 3.05) is 11.9 Å². The van der Waals surface area contributed by atoms with E-state index in [-0.39, 0.29) is 0 Å². The number of rotatable bonds is 10. The van der Waals surface area contributed by atoms with Gasteiger partial charge < -0.3 is 10.1 Å². The quantitative estimate of drug-likeness (QED) is 0.222. The van der Waals surface area contributed by atoms with Crippen LogP contribution in [0.1, 0.15) is 128 Å². The Balaban J connectivity index is 2.62. The molecule has 0 spiro atoms. The first-order valence-corrected chi connectivity index (χ1v) is 12.9. The lowest BCUT2D eigenvalue weighted by Gasteiger charge is -2.23. The van der Waals surface area contributed by atoms with Crippen LogP contribution in [0.5, 0.6) is 0 Å². The number of nitrogens with one attached hydrogen (secondary N) is 1. The summed E-state index contributed by atoms with van der Waals surface area (Å²) in [5.74, 6) is 1.58. The third-order valence-electron chi connectivity index (χ3n) is 6.15. The van der Waals surface area contributed by atoms with E-state index in [9.17, 15) is 0 Å². The van der Waals surface area contributed by atoms with Gasteiger partial charge in [-0.25, -0.2) is 0 Å². The molecule has 33 heavy (non-hydrogen) atoms. The molecule has 182 valence electrons. The highest BCUT2D eigenvalue weighted by atomic mass is 16.5. The van der Waals surface area contributed by atoms with Gasteiger partial charge in [-0.1, -0.05) is 112 Å². The van der Waals surface area contributed by atoms with Gasteiger partial charge in [0.15, 0.2) is 0 Å². The third-order valence-corrected chi connectivity index (χ3v) is 6.15. The van der Waals surface area contributed by atoms with Crippen molar-refractivity contribution in [3.63, 3.8) is 0 Å². The number of para-hydroxylation sites is 2. The summed E-state index contributed by atoms with van der Waals surface area (Å²) in [5.41, 5.74) is 7.32. The van der Waals surface area contributed by atoms with Crippen LogP contribution in [0.15, 0.2) is 41.4 Å². The van der Waals surface area contributed by atoms with Gasteiger partial charge in [-0.15, -0.1) is 0 Å². The predicted octanol–water partition coefficient (Wildman–Crippen LogP) is 9.49. The molecule has 0 bridgehead atoms. The molecule has 0 unspecified atom stereocenters. The topological polar surface area (TPSA) is 33.6 Å². The van der Waals surface area contributed by atoms with Crippen molar-refractivity contribution in [2.45, 2.75) is 105 Å². The molecular formula is C30H46N2O. The third kappa shape index (κ3) is 7.35. The molecule has 0 aliphatic carbocycles. The molecule has 2 aromatic rings. The van der Waals surface area contributed by atoms with Crippen LogP contribution in [0.2, 0.25) is 0 Å². The molecule has 0 saturated heterocycles. The van der Waals surface area contributed by atoms with Crippen molar-refractivity contribution in [3.05, 3.63) is 58.7 Å². The average molecular weight is 451 g/mol. The number of unbranched alkanes of at least 4 members (excludes halogenated alkanes) is 2. The van der Waals surface area contributed by atoms with Crippen LogP contribution in [0, 0.1) is 0 Å². The molecular weight excluding hydrogens is 404 g/mol. The summed E-state index contributed by atoms with van der Waals surface area (Å²) in [5, 5.41) is 3.66. The van der Waals surface area contributed by atoms with E-state index >= 15 is 0 Å². The highest BCUT2D eigenvalue weighted by molar-refractivity contribution is 5.93. The van der Waals surface area contributed by atoms with Gasteiger partial charge in [0.05, 0.1) is 12.3 Å². The van der Waals surface area contributed by atoms with E-state index in [1.54, 1.807) is 0 Å². The van der Waals surface area contributed by atoms with Crippen LogP contribution in [0.3, 0.4) is 0 Å². The first kappa shape index (κ1) is 27.0. The van der Waals surface area contributed by atoms with Crippen LogP contribution in [0.4, 0.5) is 11.4 Å². The van der Waals surface area contributed by atoms with Gasteiger partial charge in [0.2, 0.25) is 0 Å². The highest BCUT2D eigenvalue weighted by Crippen LogP contribution is 2.36. The van der Waals surface area contributed by atoms with Crippen LogP contribution in [-0.2, 0) is 4.74 Å². The van der Waals surface area contributed by atoms with Crippen LogP contribution < -0.4 is 5.32 Å². The van der Waals surface area contributed by atoms with E-state index in [4.69, 9.17) is 9.73 Å². The summed E-state index contributed by atoms with van der Waals surface area (Å²) >= 11 is 0. The van der Waals surface area contributed by atoms with Gasteiger partial charge >= 0.3 is 0 Å². The number of hydrogen-bond acceptors (Lipinski definition) is 2. The van der Waals surface area contributed by atoms with Crippen molar-refractivity contribution in [2.24, 2.45) is 4.99 Å². The lowest BCUT2D eigenvalue weighted by molar-refractivity contribution is 0.293. The number of benzene rings is 2. The van der Waals surface area contributed by atoms with Crippen LogP contribution >= 0.6 is 0 Å². The Bertz CT molecular complexity index is 857. The fourth-order valence-electron chi connectivity index (χ4n) is 4.16. The van der Waals surface area contributed by atoms with E-state index in [1.807, 2.05) is 0 Å². The maximum absolute atomic E-state index is 6.33. The normalized spacial score (nSPS) is 12.3. The second kappa shape index (κ2) is 12.8. The maximum atomic E-state index is 6.33. The Morgan fingerprint density at radius 1 is 0.727 bits per heavy atom. The zero-order chi connectivity index (χ0) is 24.5. The SMILES string of the molecule is CCCCCOC(=Nc1c(C(C)C)cccc1C(C)C)Nc1c(C(C)C)cccc1C(C)C. The van der Waals surface area contributed by atoms with Crippen LogP contribution in [0.25, 0.3) is 0 Å². The molecule has 0 saturated carbocycles. The molecule has 0 heterocycles. The number of hydrogen-bond donors (Lipinski definition) is 1. The summed E-state index contributed by atoms with van der Waals surface area (Å²) in [4.78, 5) is 5.18. The summed E-state index contributed by atoms with van der Waals surface area (Å²) < 4.78 is 6.33. The van der Waals surface area contributed by atoms with Gasteiger partial charge in [0.1, 0.15) is 0 Å². The second-order valence-electron chi connectivity index (χ2n) is 10.3. The summed E-state index contributed by atoms with van der Waals surface area (Å²) in [6, 6.07) is 13.8. The van der Waals surface area contributed by atoms with Gasteiger partial charge in [0.25, 0.3) is 6.02 Å². The lowest BCUT2D eigenvalue weighted by atomic mass is 9.92. The zero-order valence-corrected chi connectivity index (χ0v) is 22.5. The average Bonchev–Trinajstić information content (AvgIpc) is 2.76. The summed E-state index contributed by atoms with van der Waals surface area (Å²) in [6.07, 6.45) is 3.36. The van der Waals surface area contributed by atoms with Gasteiger partial charge in [-0.2, -0.15) is 4.99 Å². The fourth-order valence-corrected chi connectivity index (χ4v) is 4.16. The Kier molecular flexibility index (Phi) is 10.5. The molecule has 0 aliphatic rings. The molecule has 0 amide bonds. The van der Waals surface area contributed by atoms with E-state index in [0.29, 0.717) is 36.3 Å². The predicted molar refractivity (Wildman–Crippen MR) is 145 cm³/mol. The number of amidine groups is 1. The minimum atomic E-state index is 0.387. The first-order chi connectivity index (χ1) is 15.7. The number of anilines is 1. The Morgan fingerprint density at radius 2 is 1.18 bits per heavy atom. The maximum Gasteiger partial charge on any atom is 0.294 e.